The average Bonchev–Trinajstić information content (AvgIpc) is 2.36. The molecule has 2 N–H and O–H groups in total. The molecule has 98 valence electrons. The summed E-state index contributed by atoms with van der Waals surface area (Å²) in [6, 6.07) is 7.46. The third-order valence-corrected chi connectivity index (χ3v) is 2.74. The van der Waals surface area contributed by atoms with Crippen molar-refractivity contribution < 1.29 is 19.4 Å². The van der Waals surface area contributed by atoms with Crippen molar-refractivity contribution >= 4 is 11.9 Å². The number of hydrogen-bond acceptors (Lipinski definition) is 3. The standard InChI is InChI=1S/C13H17NO4/c1-13(2,8-14-11(15)12(16)17)9-5-4-6-10(7-9)18-3/h4-7H,8H2,1-3H3,(H,14,15)(H,16,17). The Bertz CT molecular complexity index is 454. The van der Waals surface area contributed by atoms with Crippen LogP contribution < -0.4 is 10.1 Å². The molecule has 0 saturated heterocycles. The van der Waals surface area contributed by atoms with Crippen molar-refractivity contribution in [1.29, 1.82) is 0 Å². The van der Waals surface area contributed by atoms with Crippen LogP contribution in [0.3, 0.4) is 0 Å². The zero-order valence-electron chi connectivity index (χ0n) is 10.7. The van der Waals surface area contributed by atoms with E-state index in [0.717, 1.165) is 11.3 Å². The largest absolute Gasteiger partial charge is 0.497 e. The molecule has 0 heterocycles. The number of carboxylic acid groups (broad SMARTS) is 1. The van der Waals surface area contributed by atoms with E-state index in [1.165, 1.54) is 0 Å². The van der Waals surface area contributed by atoms with Crippen LogP contribution in [0.25, 0.3) is 0 Å². The predicted octanol–water partition coefficient (Wildman–Crippen LogP) is 1.17. The maximum absolute atomic E-state index is 11.0. The molecule has 0 spiro atoms. The molecule has 0 atom stereocenters. The summed E-state index contributed by atoms with van der Waals surface area (Å²) in [6.45, 7) is 4.08. The first kappa shape index (κ1) is 14.0. The number of carboxylic acids is 1. The van der Waals surface area contributed by atoms with Crippen LogP contribution in [-0.2, 0) is 15.0 Å². The van der Waals surface area contributed by atoms with Gasteiger partial charge in [0, 0.05) is 12.0 Å². The van der Waals surface area contributed by atoms with Gasteiger partial charge in [-0.3, -0.25) is 4.79 Å². The molecule has 18 heavy (non-hydrogen) atoms. The molecule has 0 unspecified atom stereocenters. The Balaban J connectivity index is 2.78. The number of rotatable bonds is 4. The molecule has 0 radical (unpaired) electrons. The lowest BCUT2D eigenvalue weighted by atomic mass is 9.84. The van der Waals surface area contributed by atoms with Gasteiger partial charge in [0.05, 0.1) is 7.11 Å². The minimum atomic E-state index is -1.48. The summed E-state index contributed by atoms with van der Waals surface area (Å²) >= 11 is 0. The third kappa shape index (κ3) is 3.48. The maximum atomic E-state index is 11.0. The Kier molecular flexibility index (Phi) is 4.31. The molecule has 0 fully saturated rings. The van der Waals surface area contributed by atoms with Crippen molar-refractivity contribution in [2.45, 2.75) is 19.3 Å². The first-order chi connectivity index (χ1) is 8.36. The average molecular weight is 251 g/mol. The lowest BCUT2D eigenvalue weighted by Crippen LogP contribution is -2.39. The molecule has 0 aromatic heterocycles. The zero-order chi connectivity index (χ0) is 13.8. The molecule has 0 aliphatic carbocycles. The number of carbonyl (C=O) groups excluding carboxylic acids is 1. The smallest absolute Gasteiger partial charge is 0.394 e. The van der Waals surface area contributed by atoms with Gasteiger partial charge < -0.3 is 15.2 Å². The third-order valence-electron chi connectivity index (χ3n) is 2.74. The molecular formula is C13H17NO4. The summed E-state index contributed by atoms with van der Waals surface area (Å²) in [5, 5.41) is 10.9. The highest BCUT2D eigenvalue weighted by atomic mass is 16.5. The van der Waals surface area contributed by atoms with E-state index in [1.54, 1.807) is 7.11 Å². The number of methoxy groups -OCH3 is 1. The topological polar surface area (TPSA) is 75.6 Å². The van der Waals surface area contributed by atoms with Crippen LogP contribution in [0.15, 0.2) is 24.3 Å². The van der Waals surface area contributed by atoms with E-state index in [2.05, 4.69) is 5.32 Å². The zero-order valence-corrected chi connectivity index (χ0v) is 10.7. The number of amides is 1. The highest BCUT2D eigenvalue weighted by Crippen LogP contribution is 2.25. The van der Waals surface area contributed by atoms with E-state index in [-0.39, 0.29) is 12.0 Å². The van der Waals surface area contributed by atoms with Crippen molar-refractivity contribution in [3.05, 3.63) is 29.8 Å². The van der Waals surface area contributed by atoms with Crippen LogP contribution in [-0.4, -0.2) is 30.6 Å². The van der Waals surface area contributed by atoms with Gasteiger partial charge in [-0.15, -0.1) is 0 Å². The Labute approximate surface area is 106 Å². The Morgan fingerprint density at radius 2 is 2.06 bits per heavy atom. The molecule has 0 aliphatic heterocycles. The van der Waals surface area contributed by atoms with Gasteiger partial charge in [-0.25, -0.2) is 4.79 Å². The molecule has 1 rings (SSSR count). The molecule has 0 aliphatic rings. The van der Waals surface area contributed by atoms with E-state index >= 15 is 0 Å². The van der Waals surface area contributed by atoms with Crippen LogP contribution >= 0.6 is 0 Å². The first-order valence-corrected chi connectivity index (χ1v) is 5.52. The van der Waals surface area contributed by atoms with Crippen molar-refractivity contribution in [3.8, 4) is 5.75 Å². The summed E-state index contributed by atoms with van der Waals surface area (Å²) < 4.78 is 5.13. The highest BCUT2D eigenvalue weighted by molar-refractivity contribution is 6.31. The van der Waals surface area contributed by atoms with Crippen LogP contribution in [0.5, 0.6) is 5.75 Å². The second-order valence-corrected chi connectivity index (χ2v) is 4.60. The number of hydrogen-bond donors (Lipinski definition) is 2. The fourth-order valence-corrected chi connectivity index (χ4v) is 1.52. The Morgan fingerprint density at radius 1 is 1.39 bits per heavy atom. The highest BCUT2D eigenvalue weighted by Gasteiger charge is 2.23. The summed E-state index contributed by atoms with van der Waals surface area (Å²) in [5.74, 6) is -1.74. The minimum absolute atomic E-state index is 0.241. The van der Waals surface area contributed by atoms with E-state index in [9.17, 15) is 9.59 Å². The Hall–Kier alpha value is -2.04. The minimum Gasteiger partial charge on any atom is -0.497 e. The SMILES string of the molecule is COc1cccc(C(C)(C)CNC(=O)C(=O)O)c1. The molecule has 1 amide bonds. The van der Waals surface area contributed by atoms with Crippen molar-refractivity contribution in [2.24, 2.45) is 0 Å². The second kappa shape index (κ2) is 5.53. The first-order valence-electron chi connectivity index (χ1n) is 5.52. The number of carbonyl (C=O) groups is 2. The number of aliphatic carboxylic acids is 1. The van der Waals surface area contributed by atoms with Crippen molar-refractivity contribution in [3.63, 3.8) is 0 Å². The van der Waals surface area contributed by atoms with Crippen LogP contribution in [0.4, 0.5) is 0 Å². The lowest BCUT2D eigenvalue weighted by Gasteiger charge is -2.25. The van der Waals surface area contributed by atoms with E-state index in [0.29, 0.717) is 0 Å². The van der Waals surface area contributed by atoms with Gasteiger partial charge in [0.25, 0.3) is 0 Å². The summed E-state index contributed by atoms with van der Waals surface area (Å²) in [7, 11) is 1.58. The van der Waals surface area contributed by atoms with Gasteiger partial charge >= 0.3 is 11.9 Å². The monoisotopic (exact) mass is 251 g/mol. The summed E-state index contributed by atoms with van der Waals surface area (Å²) in [4.78, 5) is 21.4. The predicted molar refractivity (Wildman–Crippen MR) is 66.7 cm³/mol. The van der Waals surface area contributed by atoms with Crippen LogP contribution in [0.1, 0.15) is 19.4 Å². The molecule has 1 aromatic carbocycles. The molecular weight excluding hydrogens is 234 g/mol. The number of benzene rings is 1. The Morgan fingerprint density at radius 3 is 2.61 bits per heavy atom. The molecule has 0 saturated carbocycles. The normalized spacial score (nSPS) is 10.8. The van der Waals surface area contributed by atoms with Gasteiger partial charge in [-0.1, -0.05) is 26.0 Å². The molecule has 0 bridgehead atoms. The fraction of sp³-hybridized carbons (Fsp3) is 0.385. The summed E-state index contributed by atoms with van der Waals surface area (Å²) in [6.07, 6.45) is 0. The van der Waals surface area contributed by atoms with Crippen molar-refractivity contribution in [2.75, 3.05) is 13.7 Å². The van der Waals surface area contributed by atoms with Gasteiger partial charge in [0.1, 0.15) is 5.75 Å². The number of ether oxygens (including phenoxy) is 1. The fourth-order valence-electron chi connectivity index (χ4n) is 1.52. The molecule has 1 aromatic rings. The quantitative estimate of drug-likeness (QED) is 0.788. The van der Waals surface area contributed by atoms with Gasteiger partial charge in [0.15, 0.2) is 0 Å². The van der Waals surface area contributed by atoms with Gasteiger partial charge in [-0.2, -0.15) is 0 Å². The van der Waals surface area contributed by atoms with Gasteiger partial charge in [0.2, 0.25) is 0 Å². The van der Waals surface area contributed by atoms with E-state index in [1.807, 2.05) is 38.1 Å². The number of nitrogens with one attached hydrogen (secondary N) is 1. The van der Waals surface area contributed by atoms with E-state index in [4.69, 9.17) is 9.84 Å². The lowest BCUT2D eigenvalue weighted by molar-refractivity contribution is -0.150. The molecule has 5 heteroatoms. The second-order valence-electron chi connectivity index (χ2n) is 4.60. The van der Waals surface area contributed by atoms with Crippen LogP contribution in [0, 0.1) is 0 Å². The van der Waals surface area contributed by atoms with Crippen molar-refractivity contribution in [1.82, 2.24) is 5.32 Å². The maximum Gasteiger partial charge on any atom is 0.394 e. The van der Waals surface area contributed by atoms with Crippen LogP contribution in [0.2, 0.25) is 0 Å². The summed E-state index contributed by atoms with van der Waals surface area (Å²) in [5.41, 5.74) is 0.590. The van der Waals surface area contributed by atoms with Gasteiger partial charge in [-0.05, 0) is 17.7 Å². The van der Waals surface area contributed by atoms with E-state index < -0.39 is 11.9 Å². The molecule has 5 nitrogen and oxygen atoms in total.